The van der Waals surface area contributed by atoms with E-state index >= 15 is 0 Å². The fraction of sp³-hybridized carbons (Fsp3) is 0.417. The lowest BCUT2D eigenvalue weighted by Crippen LogP contribution is -2.22. The number of aliphatic carboxylic acids is 1. The molecule has 2 aromatic rings. The summed E-state index contributed by atoms with van der Waals surface area (Å²) in [5, 5.41) is 13.1. The molecule has 8 heteroatoms. The fourth-order valence-electron chi connectivity index (χ4n) is 4.08. The lowest BCUT2D eigenvalue weighted by Gasteiger charge is -2.18. The summed E-state index contributed by atoms with van der Waals surface area (Å²) >= 11 is 6.37. The Morgan fingerprint density at radius 2 is 2.16 bits per heavy atom. The lowest BCUT2D eigenvalue weighted by atomic mass is 9.94. The Morgan fingerprint density at radius 3 is 2.91 bits per heavy atom. The van der Waals surface area contributed by atoms with Crippen molar-refractivity contribution in [1.82, 2.24) is 10.8 Å². The van der Waals surface area contributed by atoms with Crippen molar-refractivity contribution >= 4 is 23.4 Å². The first-order valence-electron chi connectivity index (χ1n) is 10.9. The minimum absolute atomic E-state index is 0.0412. The first kappa shape index (κ1) is 22.6. The number of carboxylic acids is 1. The van der Waals surface area contributed by atoms with Crippen LogP contribution in [0.2, 0.25) is 5.02 Å². The molecule has 4 rings (SSSR count). The highest BCUT2D eigenvalue weighted by molar-refractivity contribution is 6.32. The van der Waals surface area contributed by atoms with Gasteiger partial charge in [-0.1, -0.05) is 29.8 Å². The Hall–Kier alpha value is -2.61. The number of hydroxylamine groups is 1. The summed E-state index contributed by atoms with van der Waals surface area (Å²) in [5.41, 5.74) is 7.10. The van der Waals surface area contributed by atoms with Crippen molar-refractivity contribution in [2.24, 2.45) is 4.99 Å². The van der Waals surface area contributed by atoms with Crippen LogP contribution in [0.4, 0.5) is 0 Å². The topological polar surface area (TPSA) is 92.2 Å². The number of benzene rings is 2. The van der Waals surface area contributed by atoms with Crippen molar-refractivity contribution < 1.29 is 19.5 Å². The van der Waals surface area contributed by atoms with E-state index < -0.39 is 12.2 Å². The van der Waals surface area contributed by atoms with Crippen LogP contribution in [0.1, 0.15) is 67.6 Å². The van der Waals surface area contributed by atoms with Gasteiger partial charge in [-0.15, -0.1) is 0 Å². The van der Waals surface area contributed by atoms with Gasteiger partial charge in [0.15, 0.2) is 5.84 Å². The van der Waals surface area contributed by atoms with Crippen LogP contribution in [0.5, 0.6) is 5.75 Å². The number of halogens is 1. The molecule has 2 atom stereocenters. The first-order valence-corrected chi connectivity index (χ1v) is 11.3. The number of carboxylic acid groups (broad SMARTS) is 1. The molecule has 2 aromatic carbocycles. The van der Waals surface area contributed by atoms with Gasteiger partial charge < -0.3 is 15.2 Å². The van der Waals surface area contributed by atoms with Crippen molar-refractivity contribution in [3.05, 3.63) is 63.7 Å². The van der Waals surface area contributed by atoms with Crippen molar-refractivity contribution in [2.75, 3.05) is 6.54 Å². The first-order chi connectivity index (χ1) is 15.4. The highest BCUT2D eigenvalue weighted by Gasteiger charge is 2.24. The predicted octanol–water partition coefficient (Wildman–Crippen LogP) is 4.55. The number of hydrogen-bond donors (Lipinski definition) is 3. The van der Waals surface area contributed by atoms with Crippen molar-refractivity contribution in [2.45, 2.75) is 57.9 Å². The molecule has 2 aliphatic heterocycles. The number of carbonyl (C=O) groups is 1. The fourth-order valence-corrected chi connectivity index (χ4v) is 4.31. The number of fused-ring (bicyclic) bond motifs is 1. The smallest absolute Gasteiger partial charge is 0.303 e. The molecule has 0 fully saturated rings. The zero-order valence-corrected chi connectivity index (χ0v) is 19.0. The number of amidine groups is 1. The molecule has 0 saturated heterocycles. The third-order valence-electron chi connectivity index (χ3n) is 5.57. The molecule has 170 valence electrons. The Balaban J connectivity index is 1.53. The highest BCUT2D eigenvalue weighted by atomic mass is 35.5. The van der Waals surface area contributed by atoms with Gasteiger partial charge in [-0.25, -0.2) is 15.3 Å². The summed E-state index contributed by atoms with van der Waals surface area (Å²) in [7, 11) is 0. The van der Waals surface area contributed by atoms with Crippen LogP contribution in [0, 0.1) is 0 Å². The molecule has 2 heterocycles. The molecule has 0 spiro atoms. The summed E-state index contributed by atoms with van der Waals surface area (Å²) in [4.78, 5) is 21.4. The molecule has 0 saturated carbocycles. The van der Waals surface area contributed by atoms with Gasteiger partial charge in [0.25, 0.3) is 0 Å². The second kappa shape index (κ2) is 9.90. The quantitative estimate of drug-likeness (QED) is 0.565. The molecule has 0 aliphatic carbocycles. The molecule has 3 N–H and O–H groups in total. The Kier molecular flexibility index (Phi) is 6.98. The number of hydrogen-bond acceptors (Lipinski definition) is 6. The summed E-state index contributed by atoms with van der Waals surface area (Å²) in [5.74, 6) is 0.527. The van der Waals surface area contributed by atoms with E-state index in [4.69, 9.17) is 31.3 Å². The average molecular weight is 458 g/mol. The van der Waals surface area contributed by atoms with Gasteiger partial charge in [0.1, 0.15) is 5.75 Å². The zero-order chi connectivity index (χ0) is 22.7. The van der Waals surface area contributed by atoms with Crippen LogP contribution in [-0.4, -0.2) is 29.6 Å². The Morgan fingerprint density at radius 1 is 1.31 bits per heavy atom. The van der Waals surface area contributed by atoms with Gasteiger partial charge in [-0.3, -0.25) is 4.79 Å². The molecule has 0 bridgehead atoms. The van der Waals surface area contributed by atoms with E-state index in [0.29, 0.717) is 23.0 Å². The number of rotatable bonds is 7. The van der Waals surface area contributed by atoms with Crippen molar-refractivity contribution in [1.29, 1.82) is 0 Å². The zero-order valence-electron chi connectivity index (χ0n) is 18.2. The van der Waals surface area contributed by atoms with E-state index in [2.05, 4.69) is 22.9 Å². The van der Waals surface area contributed by atoms with Crippen LogP contribution >= 0.6 is 11.6 Å². The molecule has 7 nitrogen and oxygen atoms in total. The molecular formula is C24H28ClN3O4. The maximum absolute atomic E-state index is 11.0. The summed E-state index contributed by atoms with van der Waals surface area (Å²) in [6.07, 6.45) is 2.20. The standard InChI is InChI=1S/C24H28ClN3O4/c1-14(2)31-21-9-6-17(13-19(21)25)24-27-23(28-32-24)16-5-7-18-15(12-16)4-3-11-26-20(18)8-10-22(29)30/h5-7,9,12-14,20,24,26H,3-4,8,10-11H2,1-2H3,(H,27,28)(H,29,30). The van der Waals surface area contributed by atoms with E-state index in [1.54, 1.807) is 0 Å². The summed E-state index contributed by atoms with van der Waals surface area (Å²) in [6.45, 7) is 4.78. The van der Waals surface area contributed by atoms with Gasteiger partial charge in [-0.05, 0) is 69.0 Å². The number of ether oxygens (including phenoxy) is 1. The second-order valence-electron chi connectivity index (χ2n) is 8.36. The minimum atomic E-state index is -0.772. The van der Waals surface area contributed by atoms with Gasteiger partial charge in [-0.2, -0.15) is 0 Å². The number of nitrogens with one attached hydrogen (secondary N) is 2. The van der Waals surface area contributed by atoms with Gasteiger partial charge in [0.05, 0.1) is 11.1 Å². The molecule has 2 unspecified atom stereocenters. The number of nitrogens with zero attached hydrogens (tertiary/aromatic N) is 1. The largest absolute Gasteiger partial charge is 0.489 e. The van der Waals surface area contributed by atoms with Gasteiger partial charge in [0, 0.05) is 23.6 Å². The van der Waals surface area contributed by atoms with Gasteiger partial charge in [0.2, 0.25) is 6.23 Å². The molecule has 0 radical (unpaired) electrons. The summed E-state index contributed by atoms with van der Waals surface area (Å²) < 4.78 is 5.69. The Labute approximate surface area is 192 Å². The van der Waals surface area contributed by atoms with E-state index in [0.717, 1.165) is 36.1 Å². The minimum Gasteiger partial charge on any atom is -0.489 e. The maximum Gasteiger partial charge on any atom is 0.303 e. The number of aryl methyl sites for hydroxylation is 1. The van der Waals surface area contributed by atoms with Crippen molar-refractivity contribution in [3.63, 3.8) is 0 Å². The normalized spacial score (nSPS) is 20.3. The lowest BCUT2D eigenvalue weighted by molar-refractivity contribution is -0.137. The van der Waals surface area contributed by atoms with Crippen LogP contribution in [0.25, 0.3) is 0 Å². The van der Waals surface area contributed by atoms with E-state index in [9.17, 15) is 4.79 Å². The molecule has 0 aromatic heterocycles. The van der Waals surface area contributed by atoms with Crippen LogP contribution in [-0.2, 0) is 16.1 Å². The van der Waals surface area contributed by atoms with Crippen LogP contribution in [0.15, 0.2) is 41.4 Å². The van der Waals surface area contributed by atoms with Gasteiger partial charge >= 0.3 is 5.97 Å². The van der Waals surface area contributed by atoms with Crippen LogP contribution in [0.3, 0.4) is 0 Å². The molecule has 32 heavy (non-hydrogen) atoms. The number of aliphatic imine (C=N–C) groups is 1. The third-order valence-corrected chi connectivity index (χ3v) is 5.87. The molecular weight excluding hydrogens is 430 g/mol. The highest BCUT2D eigenvalue weighted by Crippen LogP contribution is 2.32. The predicted molar refractivity (Wildman–Crippen MR) is 123 cm³/mol. The Bertz CT molecular complexity index is 1020. The van der Waals surface area contributed by atoms with Crippen LogP contribution < -0.4 is 15.5 Å². The SMILES string of the molecule is CC(C)Oc1ccc(C2N=C(c3ccc4c(c3)CCCNC4CCC(=O)O)NO2)cc1Cl. The third kappa shape index (κ3) is 5.23. The second-order valence-corrected chi connectivity index (χ2v) is 8.77. The average Bonchev–Trinajstić information content (AvgIpc) is 3.16. The summed E-state index contributed by atoms with van der Waals surface area (Å²) in [6, 6.07) is 11.8. The van der Waals surface area contributed by atoms with Crippen molar-refractivity contribution in [3.8, 4) is 5.75 Å². The van der Waals surface area contributed by atoms with E-state index in [-0.39, 0.29) is 18.6 Å². The van der Waals surface area contributed by atoms with E-state index in [1.165, 1.54) is 5.56 Å². The maximum atomic E-state index is 11.0. The monoisotopic (exact) mass is 457 g/mol. The molecule has 0 amide bonds. The molecule has 2 aliphatic rings. The van der Waals surface area contributed by atoms with E-state index in [1.807, 2.05) is 38.1 Å².